The zero-order chi connectivity index (χ0) is 18.1. The van der Waals surface area contributed by atoms with Crippen LogP contribution < -0.4 is 6.15 Å². The molecule has 0 saturated heterocycles. The Balaban J connectivity index is 0. The van der Waals surface area contributed by atoms with E-state index < -0.39 is 15.6 Å². The first-order chi connectivity index (χ1) is 11.5. The molecule has 25 heavy (non-hydrogen) atoms. The average Bonchev–Trinajstić information content (AvgIpc) is 2.56. The van der Waals surface area contributed by atoms with Crippen LogP contribution in [0.5, 0.6) is 0 Å². The number of unbranched alkanes of at least 4 members (excludes halogenated alkanes) is 12. The number of hydrogen-bond donors (Lipinski definition) is 1. The van der Waals surface area contributed by atoms with E-state index in [1.54, 1.807) is 0 Å². The molecule has 0 aromatic carbocycles. The van der Waals surface area contributed by atoms with E-state index in [-0.39, 0.29) is 19.2 Å². The maximum Gasteiger partial charge on any atom is 0.299 e. The lowest BCUT2D eigenvalue weighted by molar-refractivity contribution is 0.271. The molecule has 154 valence electrons. The Hall–Kier alpha value is -0.200. The van der Waals surface area contributed by atoms with Gasteiger partial charge in [-0.15, -0.1) is 0 Å². The van der Waals surface area contributed by atoms with Crippen molar-refractivity contribution in [2.45, 2.75) is 116 Å². The lowest BCUT2D eigenvalue weighted by Crippen LogP contribution is -2.19. The Morgan fingerprint density at radius 3 is 1.60 bits per heavy atom. The fourth-order valence-corrected chi connectivity index (χ4v) is 3.67. The van der Waals surface area contributed by atoms with E-state index in [1.165, 1.54) is 51.4 Å². The smallest absolute Gasteiger partial charge is 0.299 e. The summed E-state index contributed by atoms with van der Waals surface area (Å²) in [6, 6.07) is 0. The van der Waals surface area contributed by atoms with E-state index in [2.05, 4.69) is 6.92 Å². The molecule has 0 heterocycles. The molecule has 4 nitrogen and oxygen atoms in total. The molecule has 3 N–H and O–H groups in total. The largest absolute Gasteiger partial charge is 0.344 e. The van der Waals surface area contributed by atoms with Crippen LogP contribution in [0.4, 0.5) is 4.39 Å². The summed E-state index contributed by atoms with van der Waals surface area (Å²) in [6.07, 6.45) is 15.6. The molecule has 0 aromatic heterocycles. The topological polar surface area (TPSA) is 78.4 Å². The summed E-state index contributed by atoms with van der Waals surface area (Å²) < 4.78 is 41.6. The minimum absolute atomic E-state index is 0. The van der Waals surface area contributed by atoms with Crippen LogP contribution in [0.1, 0.15) is 110 Å². The van der Waals surface area contributed by atoms with E-state index in [1.807, 2.05) is 6.92 Å². The van der Waals surface area contributed by atoms with Crippen molar-refractivity contribution in [3.63, 3.8) is 0 Å². The molecular formula is C19H42FNO3S. The first-order valence-electron chi connectivity index (χ1n) is 10.1. The van der Waals surface area contributed by atoms with Crippen molar-refractivity contribution < 1.29 is 17.0 Å². The molecule has 0 aliphatic heterocycles. The average molecular weight is 384 g/mol. The molecule has 0 aliphatic rings. The van der Waals surface area contributed by atoms with Crippen LogP contribution in [0, 0.1) is 0 Å². The minimum Gasteiger partial charge on any atom is -0.344 e. The molecule has 0 rings (SSSR count). The predicted octanol–water partition coefficient (Wildman–Crippen LogP) is 6.68. The zero-order valence-electron chi connectivity index (χ0n) is 16.6. The summed E-state index contributed by atoms with van der Waals surface area (Å²) in [5.41, 5.74) is -1.86. The van der Waals surface area contributed by atoms with Crippen molar-refractivity contribution in [2.75, 3.05) is 6.61 Å². The lowest BCUT2D eigenvalue weighted by Gasteiger charge is -2.10. The van der Waals surface area contributed by atoms with Gasteiger partial charge in [0.05, 0.1) is 6.61 Å². The third-order valence-corrected chi connectivity index (χ3v) is 5.70. The van der Waals surface area contributed by atoms with Gasteiger partial charge in [0, 0.05) is 0 Å². The molecule has 0 aliphatic carbocycles. The van der Waals surface area contributed by atoms with Crippen molar-refractivity contribution in [1.82, 2.24) is 6.15 Å². The Bertz CT molecular complexity index is 364. The number of rotatable bonds is 18. The molecule has 0 aromatic rings. The second-order valence-corrected chi connectivity index (χ2v) is 8.49. The van der Waals surface area contributed by atoms with Crippen LogP contribution in [0.15, 0.2) is 0 Å². The molecular weight excluding hydrogens is 341 g/mol. The Morgan fingerprint density at radius 1 is 0.720 bits per heavy atom. The molecule has 6 heteroatoms. The van der Waals surface area contributed by atoms with Crippen molar-refractivity contribution in [3.8, 4) is 0 Å². The van der Waals surface area contributed by atoms with Crippen LogP contribution in [-0.4, -0.2) is 20.5 Å². The summed E-state index contributed by atoms with van der Waals surface area (Å²) >= 11 is 0. The monoisotopic (exact) mass is 383 g/mol. The highest BCUT2D eigenvalue weighted by Crippen LogP contribution is 2.16. The van der Waals surface area contributed by atoms with Gasteiger partial charge in [0.1, 0.15) is 0 Å². The van der Waals surface area contributed by atoms with Crippen LogP contribution in [0.25, 0.3) is 0 Å². The van der Waals surface area contributed by atoms with Crippen molar-refractivity contribution >= 4 is 10.1 Å². The summed E-state index contributed by atoms with van der Waals surface area (Å²) in [5.74, 6) is 0. The molecule has 0 bridgehead atoms. The maximum atomic E-state index is 13.6. The summed E-state index contributed by atoms with van der Waals surface area (Å²) in [7, 11) is -4.02. The van der Waals surface area contributed by atoms with E-state index in [0.29, 0.717) is 12.8 Å². The van der Waals surface area contributed by atoms with Gasteiger partial charge in [0.2, 0.25) is 5.50 Å². The Kier molecular flexibility index (Phi) is 20.1. The van der Waals surface area contributed by atoms with Gasteiger partial charge in [-0.05, 0) is 19.3 Å². The molecule has 0 saturated carbocycles. The fourth-order valence-electron chi connectivity index (χ4n) is 2.71. The Labute approximate surface area is 156 Å². The first kappa shape index (κ1) is 27.0. The van der Waals surface area contributed by atoms with E-state index in [0.717, 1.165) is 25.7 Å². The standard InChI is InChI=1S/C19H39FO3S.H3N/c1-3-5-7-8-9-10-11-12-13-14-16-18-23-24(21,22)19(20)17-15-6-4-2;/h19H,3-18H2,1-2H3;1H3. The number of hydrogen-bond acceptors (Lipinski definition) is 4. The SMILES string of the molecule is CCCCCCCCCCCCCOS(=O)(=O)C(F)CCCCC.N. The van der Waals surface area contributed by atoms with Gasteiger partial charge < -0.3 is 6.15 Å². The highest BCUT2D eigenvalue weighted by molar-refractivity contribution is 7.87. The molecule has 1 atom stereocenters. The highest BCUT2D eigenvalue weighted by atomic mass is 32.2. The van der Waals surface area contributed by atoms with Gasteiger partial charge >= 0.3 is 0 Å². The van der Waals surface area contributed by atoms with E-state index in [4.69, 9.17) is 4.18 Å². The van der Waals surface area contributed by atoms with Gasteiger partial charge in [-0.25, -0.2) is 4.39 Å². The molecule has 0 radical (unpaired) electrons. The third-order valence-electron chi connectivity index (χ3n) is 4.34. The van der Waals surface area contributed by atoms with Crippen molar-refractivity contribution in [2.24, 2.45) is 0 Å². The number of alkyl halides is 1. The number of halogens is 1. The van der Waals surface area contributed by atoms with E-state index >= 15 is 0 Å². The van der Waals surface area contributed by atoms with Crippen LogP contribution in [0.2, 0.25) is 0 Å². The quantitative estimate of drug-likeness (QED) is 0.211. The minimum atomic E-state index is -4.02. The van der Waals surface area contributed by atoms with Crippen molar-refractivity contribution in [3.05, 3.63) is 0 Å². The molecule has 0 fully saturated rings. The summed E-state index contributed by atoms with van der Waals surface area (Å²) in [6.45, 7) is 4.35. The van der Waals surface area contributed by atoms with Gasteiger partial charge in [-0.2, -0.15) is 8.42 Å². The molecule has 0 amide bonds. The first-order valence-corrected chi connectivity index (χ1v) is 11.5. The Morgan fingerprint density at radius 2 is 1.12 bits per heavy atom. The maximum absolute atomic E-state index is 13.6. The van der Waals surface area contributed by atoms with Gasteiger partial charge in [-0.3, -0.25) is 4.18 Å². The predicted molar refractivity (Wildman–Crippen MR) is 105 cm³/mol. The zero-order valence-corrected chi connectivity index (χ0v) is 17.4. The van der Waals surface area contributed by atoms with Gasteiger partial charge in [-0.1, -0.05) is 90.9 Å². The normalized spacial score (nSPS) is 12.8. The second kappa shape index (κ2) is 18.6. The third kappa shape index (κ3) is 17.0. The lowest BCUT2D eigenvalue weighted by atomic mass is 10.1. The van der Waals surface area contributed by atoms with Gasteiger partial charge in [0.15, 0.2) is 0 Å². The van der Waals surface area contributed by atoms with Gasteiger partial charge in [0.25, 0.3) is 10.1 Å². The summed E-state index contributed by atoms with van der Waals surface area (Å²) in [5, 5.41) is 0. The van der Waals surface area contributed by atoms with E-state index in [9.17, 15) is 12.8 Å². The van der Waals surface area contributed by atoms with Crippen LogP contribution >= 0.6 is 0 Å². The second-order valence-electron chi connectivity index (χ2n) is 6.76. The highest BCUT2D eigenvalue weighted by Gasteiger charge is 2.25. The summed E-state index contributed by atoms with van der Waals surface area (Å²) in [4.78, 5) is 0. The fraction of sp³-hybridized carbons (Fsp3) is 1.00. The van der Waals surface area contributed by atoms with Crippen LogP contribution in [-0.2, 0) is 14.3 Å². The van der Waals surface area contributed by atoms with Crippen LogP contribution in [0.3, 0.4) is 0 Å². The van der Waals surface area contributed by atoms with Crippen molar-refractivity contribution in [1.29, 1.82) is 0 Å². The molecule has 1 unspecified atom stereocenters. The molecule has 0 spiro atoms.